The molecule has 1 aromatic rings. The van der Waals surface area contributed by atoms with Gasteiger partial charge in [-0.3, -0.25) is 9.13 Å². The number of nitrogens with zero attached hydrogens (tertiary/aromatic N) is 1. The van der Waals surface area contributed by atoms with Crippen molar-refractivity contribution < 1.29 is 32.0 Å². The van der Waals surface area contributed by atoms with Gasteiger partial charge in [0.25, 0.3) is 0 Å². The maximum Gasteiger partial charge on any atom is 0.349 e. The lowest BCUT2D eigenvalue weighted by Crippen LogP contribution is -2.27. The van der Waals surface area contributed by atoms with E-state index in [0.717, 1.165) is 0 Å². The molecule has 1 aromatic carbocycles. The van der Waals surface area contributed by atoms with Crippen LogP contribution in [0.5, 0.6) is 5.75 Å². The van der Waals surface area contributed by atoms with Gasteiger partial charge >= 0.3 is 15.2 Å². The second-order valence-corrected chi connectivity index (χ2v) is 9.91. The van der Waals surface area contributed by atoms with E-state index in [1.807, 2.05) is 13.8 Å². The van der Waals surface area contributed by atoms with Crippen LogP contribution in [0.3, 0.4) is 0 Å². The van der Waals surface area contributed by atoms with Gasteiger partial charge in [0.15, 0.2) is 0 Å². The van der Waals surface area contributed by atoms with Crippen LogP contribution in [0.15, 0.2) is 24.3 Å². The summed E-state index contributed by atoms with van der Waals surface area (Å²) in [5, 5.41) is 0. The van der Waals surface area contributed by atoms with Gasteiger partial charge in [0.2, 0.25) is 0 Å². The van der Waals surface area contributed by atoms with E-state index in [2.05, 4.69) is 0 Å². The van der Waals surface area contributed by atoms with Crippen molar-refractivity contribution in [2.75, 3.05) is 45.9 Å². The normalized spacial score (nSPS) is 12.4. The molecule has 0 N–H and O–H groups in total. The fourth-order valence-electron chi connectivity index (χ4n) is 2.01. The van der Waals surface area contributed by atoms with Crippen LogP contribution in [-0.2, 0) is 27.2 Å². The van der Waals surface area contributed by atoms with Crippen LogP contribution in [0.1, 0.15) is 13.8 Å². The molecule has 1 rings (SSSR count). The minimum absolute atomic E-state index is 0.0475. The lowest BCUT2D eigenvalue weighted by atomic mass is 10.3. The molecule has 0 fully saturated rings. The Bertz CT molecular complexity index is 577. The van der Waals surface area contributed by atoms with Crippen LogP contribution in [0, 0.1) is 0 Å². The Hall–Kier alpha value is -0.880. The highest BCUT2D eigenvalue weighted by atomic mass is 31.2. The summed E-state index contributed by atoms with van der Waals surface area (Å²) in [6.45, 7) is 3.86. The zero-order valence-electron chi connectivity index (χ0n) is 15.5. The first-order valence-corrected chi connectivity index (χ1v) is 11.1. The number of hydrogen-bond donors (Lipinski definition) is 0. The molecule has 0 atom stereocenters. The Labute approximate surface area is 149 Å². The van der Waals surface area contributed by atoms with Crippen molar-refractivity contribution in [1.82, 2.24) is 0 Å². The SMILES string of the molecule is COP(=O)(CN(CP(=O)(OC)OC)c1ccc(OC(C)C)cc1)OC. The quantitative estimate of drug-likeness (QED) is 0.517. The minimum Gasteiger partial charge on any atom is -0.491 e. The zero-order valence-corrected chi connectivity index (χ0v) is 17.3. The molecule has 0 radical (unpaired) electrons. The highest BCUT2D eigenvalue weighted by Crippen LogP contribution is 2.52. The molecule has 0 spiro atoms. The van der Waals surface area contributed by atoms with Crippen molar-refractivity contribution in [3.8, 4) is 5.75 Å². The number of anilines is 1. The van der Waals surface area contributed by atoms with Crippen LogP contribution in [0.25, 0.3) is 0 Å². The third-order valence-electron chi connectivity index (χ3n) is 3.37. The van der Waals surface area contributed by atoms with Crippen molar-refractivity contribution in [3.63, 3.8) is 0 Å². The summed E-state index contributed by atoms with van der Waals surface area (Å²) in [5.41, 5.74) is 0.653. The molecule has 0 unspecified atom stereocenters. The molecule has 0 aromatic heterocycles. The van der Waals surface area contributed by atoms with Gasteiger partial charge < -0.3 is 27.7 Å². The second-order valence-electron chi connectivity index (χ2n) is 5.44. The van der Waals surface area contributed by atoms with Crippen LogP contribution < -0.4 is 9.64 Å². The van der Waals surface area contributed by atoms with Gasteiger partial charge in [-0.25, -0.2) is 0 Å². The molecule has 25 heavy (non-hydrogen) atoms. The lowest BCUT2D eigenvalue weighted by Gasteiger charge is -2.29. The highest BCUT2D eigenvalue weighted by Gasteiger charge is 2.32. The molecule has 0 aliphatic rings. The molecule has 0 saturated heterocycles. The Morgan fingerprint density at radius 2 is 1.24 bits per heavy atom. The van der Waals surface area contributed by atoms with Gasteiger partial charge in [-0.15, -0.1) is 0 Å². The average molecular weight is 395 g/mol. The van der Waals surface area contributed by atoms with Gasteiger partial charge in [0.05, 0.1) is 6.10 Å². The Kier molecular flexibility index (Phi) is 8.61. The third-order valence-corrected chi connectivity index (χ3v) is 6.98. The van der Waals surface area contributed by atoms with E-state index in [-0.39, 0.29) is 18.7 Å². The lowest BCUT2D eigenvalue weighted by molar-refractivity contribution is 0.242. The molecule has 0 heterocycles. The van der Waals surface area contributed by atoms with Crippen molar-refractivity contribution >= 4 is 20.9 Å². The van der Waals surface area contributed by atoms with Crippen LogP contribution >= 0.6 is 15.2 Å². The summed E-state index contributed by atoms with van der Waals surface area (Å²) in [6, 6.07) is 7.08. The second kappa shape index (κ2) is 9.72. The Morgan fingerprint density at radius 3 is 1.56 bits per heavy atom. The summed E-state index contributed by atoms with van der Waals surface area (Å²) in [4.78, 5) is 1.58. The monoisotopic (exact) mass is 395 g/mol. The molecule has 10 heteroatoms. The molecular formula is C15H27NO7P2. The van der Waals surface area contributed by atoms with E-state index in [0.29, 0.717) is 11.4 Å². The van der Waals surface area contributed by atoms with Gasteiger partial charge in [0.1, 0.15) is 18.3 Å². The van der Waals surface area contributed by atoms with Gasteiger partial charge in [-0.2, -0.15) is 0 Å². The Morgan fingerprint density at radius 1 is 0.840 bits per heavy atom. The maximum atomic E-state index is 12.5. The van der Waals surface area contributed by atoms with Crippen molar-refractivity contribution in [2.24, 2.45) is 0 Å². The smallest absolute Gasteiger partial charge is 0.349 e. The largest absolute Gasteiger partial charge is 0.491 e. The predicted octanol–water partition coefficient (Wildman–Crippen LogP) is 4.17. The van der Waals surface area contributed by atoms with E-state index >= 15 is 0 Å². The van der Waals surface area contributed by atoms with Gasteiger partial charge in [0, 0.05) is 34.1 Å². The first-order valence-electron chi connectivity index (χ1n) is 7.63. The number of benzene rings is 1. The molecule has 0 amide bonds. The van der Waals surface area contributed by atoms with Crippen molar-refractivity contribution in [3.05, 3.63) is 24.3 Å². The first kappa shape index (κ1) is 22.2. The van der Waals surface area contributed by atoms with E-state index in [4.69, 9.17) is 22.8 Å². The maximum absolute atomic E-state index is 12.5. The average Bonchev–Trinajstić information content (AvgIpc) is 2.61. The van der Waals surface area contributed by atoms with E-state index in [1.165, 1.54) is 28.4 Å². The molecule has 8 nitrogen and oxygen atoms in total. The van der Waals surface area contributed by atoms with Crippen LogP contribution in [0.4, 0.5) is 5.69 Å². The Balaban J connectivity index is 3.12. The van der Waals surface area contributed by atoms with Crippen LogP contribution in [0.2, 0.25) is 0 Å². The standard InChI is InChI=1S/C15H27NO7P2/c1-13(2)23-15-9-7-14(8-10-15)16(11-24(17,19-3)20-4)12-25(18,21-5)22-6/h7-10,13H,11-12H2,1-6H3. The number of rotatable bonds is 11. The topological polar surface area (TPSA) is 83.5 Å². The highest BCUT2D eigenvalue weighted by molar-refractivity contribution is 7.55. The van der Waals surface area contributed by atoms with Gasteiger partial charge in [-0.1, -0.05) is 0 Å². The summed E-state index contributed by atoms with van der Waals surface area (Å²) >= 11 is 0. The van der Waals surface area contributed by atoms with Crippen molar-refractivity contribution in [2.45, 2.75) is 20.0 Å². The number of hydrogen-bond acceptors (Lipinski definition) is 8. The number of ether oxygens (including phenoxy) is 1. The van der Waals surface area contributed by atoms with E-state index in [1.54, 1.807) is 29.2 Å². The van der Waals surface area contributed by atoms with Gasteiger partial charge in [-0.05, 0) is 38.1 Å². The van der Waals surface area contributed by atoms with E-state index in [9.17, 15) is 9.13 Å². The molecule has 0 aliphatic heterocycles. The zero-order chi connectivity index (χ0) is 19.1. The molecular weight excluding hydrogens is 368 g/mol. The molecule has 0 bridgehead atoms. The summed E-state index contributed by atoms with van der Waals surface area (Å²) < 4.78 is 50.6. The predicted molar refractivity (Wildman–Crippen MR) is 97.7 cm³/mol. The minimum atomic E-state index is -3.38. The fraction of sp³-hybridized carbons (Fsp3) is 0.600. The van der Waals surface area contributed by atoms with Crippen molar-refractivity contribution in [1.29, 1.82) is 0 Å². The van der Waals surface area contributed by atoms with Crippen LogP contribution in [-0.4, -0.2) is 47.1 Å². The van der Waals surface area contributed by atoms with E-state index < -0.39 is 15.2 Å². The third kappa shape index (κ3) is 6.74. The summed E-state index contributed by atoms with van der Waals surface area (Å²) in [6.07, 6.45) is -0.173. The summed E-state index contributed by atoms with van der Waals surface area (Å²) in [7, 11) is -1.56. The molecule has 0 aliphatic carbocycles. The molecule has 0 saturated carbocycles. The fourth-order valence-corrected chi connectivity index (χ4v) is 4.29. The summed E-state index contributed by atoms with van der Waals surface area (Å²) in [5.74, 6) is 0.696. The first-order chi connectivity index (χ1) is 11.7. The molecule has 144 valence electrons.